The van der Waals surface area contributed by atoms with Crippen LogP contribution in [0.2, 0.25) is 0 Å². The zero-order chi connectivity index (χ0) is 17.1. The maximum atomic E-state index is 12.2. The Morgan fingerprint density at radius 1 is 1.33 bits per heavy atom. The van der Waals surface area contributed by atoms with E-state index in [1.54, 1.807) is 0 Å². The van der Waals surface area contributed by atoms with Crippen molar-refractivity contribution >= 4 is 11.7 Å². The third-order valence-electron chi connectivity index (χ3n) is 4.57. The van der Waals surface area contributed by atoms with E-state index in [1.165, 1.54) is 0 Å². The minimum absolute atomic E-state index is 0.0502. The van der Waals surface area contributed by atoms with Crippen molar-refractivity contribution in [2.45, 2.75) is 39.2 Å². The molecule has 1 heterocycles. The van der Waals surface area contributed by atoms with Gasteiger partial charge in [0.05, 0.1) is 11.4 Å². The van der Waals surface area contributed by atoms with E-state index in [4.69, 9.17) is 0 Å². The number of aromatic nitrogens is 2. The fourth-order valence-electron chi connectivity index (χ4n) is 3.39. The van der Waals surface area contributed by atoms with Crippen LogP contribution in [0.15, 0.2) is 30.3 Å². The predicted molar refractivity (Wildman–Crippen MR) is 93.4 cm³/mol. The second-order valence-corrected chi connectivity index (χ2v) is 6.47. The van der Waals surface area contributed by atoms with Crippen LogP contribution >= 0.6 is 0 Å². The number of nitrogens with one attached hydrogen (secondary N) is 2. The van der Waals surface area contributed by atoms with Crippen molar-refractivity contribution in [3.63, 3.8) is 0 Å². The van der Waals surface area contributed by atoms with Crippen LogP contribution in [0.5, 0.6) is 0 Å². The summed E-state index contributed by atoms with van der Waals surface area (Å²) in [6.45, 7) is 4.08. The van der Waals surface area contributed by atoms with Crippen LogP contribution in [0.25, 0.3) is 5.69 Å². The van der Waals surface area contributed by atoms with Crippen molar-refractivity contribution in [1.29, 1.82) is 0 Å². The number of aryl methyl sites for hydroxylation is 2. The number of carbonyl (C=O) groups is 1. The molecule has 0 saturated heterocycles. The van der Waals surface area contributed by atoms with E-state index in [1.807, 2.05) is 48.9 Å². The van der Waals surface area contributed by atoms with Gasteiger partial charge in [-0.15, -0.1) is 0 Å². The summed E-state index contributed by atoms with van der Waals surface area (Å²) in [7, 11) is 0. The van der Waals surface area contributed by atoms with Crippen molar-refractivity contribution in [1.82, 2.24) is 15.1 Å². The summed E-state index contributed by atoms with van der Waals surface area (Å²) >= 11 is 0. The summed E-state index contributed by atoms with van der Waals surface area (Å²) in [5.41, 5.74) is 3.63. The van der Waals surface area contributed by atoms with Gasteiger partial charge in [-0.3, -0.25) is 0 Å². The van der Waals surface area contributed by atoms with Gasteiger partial charge in [-0.1, -0.05) is 12.5 Å². The first-order valence-electron chi connectivity index (χ1n) is 8.39. The van der Waals surface area contributed by atoms with Crippen molar-refractivity contribution in [2.75, 3.05) is 11.9 Å². The molecule has 6 heteroatoms. The Morgan fingerprint density at radius 3 is 2.88 bits per heavy atom. The number of rotatable bonds is 4. The Morgan fingerprint density at radius 2 is 2.17 bits per heavy atom. The van der Waals surface area contributed by atoms with Crippen molar-refractivity contribution < 1.29 is 9.90 Å². The molecule has 2 aromatic rings. The maximum absolute atomic E-state index is 12.2. The highest BCUT2D eigenvalue weighted by Crippen LogP contribution is 2.25. The molecule has 0 unspecified atom stereocenters. The lowest BCUT2D eigenvalue weighted by atomic mass is 10.1. The number of hydrogen-bond acceptors (Lipinski definition) is 3. The van der Waals surface area contributed by atoms with E-state index in [9.17, 15) is 9.90 Å². The van der Waals surface area contributed by atoms with E-state index in [0.717, 1.165) is 42.0 Å². The molecule has 1 aliphatic rings. The molecule has 0 spiro atoms. The predicted octanol–water partition coefficient (Wildman–Crippen LogP) is 2.77. The highest BCUT2D eigenvalue weighted by molar-refractivity contribution is 5.89. The monoisotopic (exact) mass is 328 g/mol. The van der Waals surface area contributed by atoms with E-state index in [-0.39, 0.29) is 24.6 Å². The highest BCUT2D eigenvalue weighted by atomic mass is 16.3. The Hall–Kier alpha value is -2.34. The minimum atomic E-state index is -0.231. The Bertz CT molecular complexity index is 726. The average Bonchev–Trinajstić information content (AvgIpc) is 3.13. The Labute approximate surface area is 141 Å². The van der Waals surface area contributed by atoms with Gasteiger partial charge in [0.15, 0.2) is 0 Å². The number of aliphatic hydroxyl groups is 1. The van der Waals surface area contributed by atoms with Crippen LogP contribution in [0.1, 0.15) is 30.7 Å². The van der Waals surface area contributed by atoms with Gasteiger partial charge in [-0.2, -0.15) is 5.10 Å². The smallest absolute Gasteiger partial charge is 0.319 e. The van der Waals surface area contributed by atoms with E-state index in [0.29, 0.717) is 0 Å². The molecule has 1 saturated carbocycles. The molecular weight excluding hydrogens is 304 g/mol. The molecule has 1 aromatic heterocycles. The quantitative estimate of drug-likeness (QED) is 0.807. The second kappa shape index (κ2) is 7.05. The summed E-state index contributed by atoms with van der Waals surface area (Å²) in [4.78, 5) is 12.2. The van der Waals surface area contributed by atoms with Crippen LogP contribution in [0.4, 0.5) is 10.5 Å². The topological polar surface area (TPSA) is 79.2 Å². The van der Waals surface area contributed by atoms with Crippen LogP contribution in [-0.4, -0.2) is 33.6 Å². The summed E-state index contributed by atoms with van der Waals surface area (Å²) in [5, 5.41) is 19.7. The molecule has 6 nitrogen and oxygen atoms in total. The third-order valence-corrected chi connectivity index (χ3v) is 4.57. The SMILES string of the molecule is Cc1cc(C)n(-c2cccc(NC(=O)N[C@@H]3CCC[C@@H]3CO)c2)n1. The van der Waals surface area contributed by atoms with E-state index < -0.39 is 0 Å². The Balaban J connectivity index is 1.68. The molecule has 24 heavy (non-hydrogen) atoms. The first-order chi connectivity index (χ1) is 11.6. The summed E-state index contributed by atoms with van der Waals surface area (Å²) in [6.07, 6.45) is 2.93. The zero-order valence-corrected chi connectivity index (χ0v) is 14.1. The molecule has 3 N–H and O–H groups in total. The number of carbonyl (C=O) groups excluding carboxylic acids is 1. The number of anilines is 1. The van der Waals surface area contributed by atoms with Crippen molar-refractivity contribution in [3.05, 3.63) is 41.7 Å². The zero-order valence-electron chi connectivity index (χ0n) is 14.1. The van der Waals surface area contributed by atoms with Gasteiger partial charge < -0.3 is 15.7 Å². The van der Waals surface area contributed by atoms with Crippen molar-refractivity contribution in [2.24, 2.45) is 5.92 Å². The average molecular weight is 328 g/mol. The first kappa shape index (κ1) is 16.5. The molecule has 2 amide bonds. The molecule has 2 atom stereocenters. The number of nitrogens with zero attached hydrogens (tertiary/aromatic N) is 2. The fraction of sp³-hybridized carbons (Fsp3) is 0.444. The van der Waals surface area contributed by atoms with Crippen LogP contribution in [0, 0.1) is 19.8 Å². The first-order valence-corrected chi connectivity index (χ1v) is 8.39. The van der Waals surface area contributed by atoms with Gasteiger partial charge in [-0.05, 0) is 51.0 Å². The number of hydrogen-bond donors (Lipinski definition) is 3. The number of amides is 2. The van der Waals surface area contributed by atoms with Gasteiger partial charge >= 0.3 is 6.03 Å². The highest BCUT2D eigenvalue weighted by Gasteiger charge is 2.27. The molecular formula is C18H24N4O2. The normalized spacial score (nSPS) is 20.1. The standard InChI is InChI=1S/C18H24N4O2/c1-12-9-13(2)22(21-12)16-7-4-6-15(10-16)19-18(24)20-17-8-3-5-14(17)11-23/h4,6-7,9-10,14,17,23H,3,5,8,11H2,1-2H3,(H2,19,20,24)/t14-,17-/m1/s1. The van der Waals surface area contributed by atoms with Gasteiger partial charge in [0.25, 0.3) is 0 Å². The van der Waals surface area contributed by atoms with Crippen LogP contribution in [-0.2, 0) is 0 Å². The fourth-order valence-corrected chi connectivity index (χ4v) is 3.39. The summed E-state index contributed by atoms with van der Waals surface area (Å²) in [6, 6.07) is 9.45. The van der Waals surface area contributed by atoms with Gasteiger partial charge in [0.2, 0.25) is 0 Å². The molecule has 0 radical (unpaired) electrons. The molecule has 0 aliphatic heterocycles. The lowest BCUT2D eigenvalue weighted by Crippen LogP contribution is -2.41. The molecule has 1 aromatic carbocycles. The van der Waals surface area contributed by atoms with Crippen LogP contribution in [0.3, 0.4) is 0 Å². The molecule has 1 aliphatic carbocycles. The Kier molecular flexibility index (Phi) is 4.85. The molecule has 1 fully saturated rings. The van der Waals surface area contributed by atoms with Gasteiger partial charge in [-0.25, -0.2) is 9.48 Å². The van der Waals surface area contributed by atoms with Crippen LogP contribution < -0.4 is 10.6 Å². The lowest BCUT2D eigenvalue weighted by molar-refractivity contribution is 0.203. The third kappa shape index (κ3) is 3.59. The van der Waals surface area contributed by atoms with E-state index in [2.05, 4.69) is 15.7 Å². The minimum Gasteiger partial charge on any atom is -0.396 e. The van der Waals surface area contributed by atoms with Crippen molar-refractivity contribution in [3.8, 4) is 5.69 Å². The van der Waals surface area contributed by atoms with Gasteiger partial charge in [0, 0.05) is 29.9 Å². The van der Waals surface area contributed by atoms with E-state index >= 15 is 0 Å². The second-order valence-electron chi connectivity index (χ2n) is 6.47. The molecule has 0 bridgehead atoms. The summed E-state index contributed by atoms with van der Waals surface area (Å²) < 4.78 is 1.86. The number of benzene rings is 1. The number of urea groups is 1. The summed E-state index contributed by atoms with van der Waals surface area (Å²) in [5.74, 6) is 0.164. The number of aliphatic hydroxyl groups excluding tert-OH is 1. The molecule has 128 valence electrons. The van der Waals surface area contributed by atoms with Gasteiger partial charge in [0.1, 0.15) is 0 Å². The largest absolute Gasteiger partial charge is 0.396 e. The maximum Gasteiger partial charge on any atom is 0.319 e. The lowest BCUT2D eigenvalue weighted by Gasteiger charge is -2.19. The molecule has 3 rings (SSSR count).